The van der Waals surface area contributed by atoms with Crippen LogP contribution < -0.4 is 5.32 Å². The Balaban J connectivity index is 2.16. The number of hydrogen-bond donors (Lipinski definition) is 2. The number of rotatable bonds is 2. The van der Waals surface area contributed by atoms with Crippen LogP contribution in [0.25, 0.3) is 0 Å². The minimum absolute atomic E-state index is 0.0435. The maximum Gasteiger partial charge on any atom is 0.255 e. The number of anilines is 1. The molecule has 4 nitrogen and oxygen atoms in total. The highest BCUT2D eigenvalue weighted by atomic mass is 35.5. The highest BCUT2D eigenvalue weighted by molar-refractivity contribution is 6.32. The van der Waals surface area contributed by atoms with Gasteiger partial charge in [0, 0.05) is 11.3 Å². The van der Waals surface area contributed by atoms with E-state index >= 15 is 0 Å². The van der Waals surface area contributed by atoms with Gasteiger partial charge in [-0.2, -0.15) is 5.26 Å². The standard InChI is InChI=1S/C14H9ClN2O2/c15-12-7-11(5-6-13(12)18)17-14(19)10-3-1-9(8-16)2-4-10/h1-7,18H,(H,17,19). The van der Waals surface area contributed by atoms with Gasteiger partial charge in [0.2, 0.25) is 0 Å². The molecule has 0 atom stereocenters. The van der Waals surface area contributed by atoms with Gasteiger partial charge in [-0.3, -0.25) is 4.79 Å². The number of nitrogens with one attached hydrogen (secondary N) is 1. The van der Waals surface area contributed by atoms with Gasteiger partial charge in [0.1, 0.15) is 5.75 Å². The van der Waals surface area contributed by atoms with Crippen molar-refractivity contribution < 1.29 is 9.90 Å². The Labute approximate surface area is 114 Å². The first-order chi connectivity index (χ1) is 9.10. The highest BCUT2D eigenvalue weighted by Crippen LogP contribution is 2.26. The molecule has 5 heteroatoms. The zero-order valence-corrected chi connectivity index (χ0v) is 10.5. The molecular weight excluding hydrogens is 264 g/mol. The lowest BCUT2D eigenvalue weighted by molar-refractivity contribution is 0.102. The lowest BCUT2D eigenvalue weighted by Gasteiger charge is -2.06. The van der Waals surface area contributed by atoms with Gasteiger partial charge in [0.25, 0.3) is 5.91 Å². The summed E-state index contributed by atoms with van der Waals surface area (Å²) in [6.45, 7) is 0. The molecule has 0 bridgehead atoms. The lowest BCUT2D eigenvalue weighted by Crippen LogP contribution is -2.11. The number of hydrogen-bond acceptors (Lipinski definition) is 3. The summed E-state index contributed by atoms with van der Waals surface area (Å²) < 4.78 is 0. The smallest absolute Gasteiger partial charge is 0.255 e. The molecule has 2 aromatic rings. The zero-order valence-electron chi connectivity index (χ0n) is 9.72. The van der Waals surface area contributed by atoms with Gasteiger partial charge in [-0.05, 0) is 42.5 Å². The molecule has 94 valence electrons. The molecule has 2 N–H and O–H groups in total. The Morgan fingerprint density at radius 3 is 2.47 bits per heavy atom. The minimum Gasteiger partial charge on any atom is -0.506 e. The van der Waals surface area contributed by atoms with Crippen LogP contribution in [0.5, 0.6) is 5.75 Å². The van der Waals surface area contributed by atoms with E-state index in [0.29, 0.717) is 16.8 Å². The quantitative estimate of drug-likeness (QED) is 0.825. The number of halogens is 1. The molecule has 0 aliphatic rings. The third kappa shape index (κ3) is 3.03. The van der Waals surface area contributed by atoms with Gasteiger partial charge in [-0.1, -0.05) is 11.6 Å². The first kappa shape index (κ1) is 12.9. The number of aromatic hydroxyl groups is 1. The second-order valence-electron chi connectivity index (χ2n) is 3.81. The Morgan fingerprint density at radius 2 is 1.89 bits per heavy atom. The average Bonchev–Trinajstić information content (AvgIpc) is 2.43. The largest absolute Gasteiger partial charge is 0.506 e. The van der Waals surface area contributed by atoms with Crippen LogP contribution in [-0.2, 0) is 0 Å². The molecule has 0 saturated carbocycles. The minimum atomic E-state index is -0.314. The molecule has 0 aliphatic carbocycles. The monoisotopic (exact) mass is 272 g/mol. The molecule has 0 spiro atoms. The fourth-order valence-electron chi connectivity index (χ4n) is 1.48. The van der Waals surface area contributed by atoms with Crippen molar-refractivity contribution in [3.63, 3.8) is 0 Å². The fourth-order valence-corrected chi connectivity index (χ4v) is 1.66. The molecule has 0 fully saturated rings. The molecule has 0 saturated heterocycles. The van der Waals surface area contributed by atoms with Crippen molar-refractivity contribution >= 4 is 23.2 Å². The average molecular weight is 273 g/mol. The van der Waals surface area contributed by atoms with Crippen LogP contribution in [0.1, 0.15) is 15.9 Å². The van der Waals surface area contributed by atoms with E-state index in [4.69, 9.17) is 16.9 Å². The van der Waals surface area contributed by atoms with Crippen molar-refractivity contribution in [3.8, 4) is 11.8 Å². The van der Waals surface area contributed by atoms with Crippen molar-refractivity contribution in [2.45, 2.75) is 0 Å². The highest BCUT2D eigenvalue weighted by Gasteiger charge is 2.07. The molecule has 1 amide bonds. The Hall–Kier alpha value is -2.51. The number of carbonyl (C=O) groups is 1. The van der Waals surface area contributed by atoms with Crippen LogP contribution >= 0.6 is 11.6 Å². The van der Waals surface area contributed by atoms with Crippen LogP contribution in [0.2, 0.25) is 5.02 Å². The number of phenolic OH excluding ortho intramolecular Hbond substituents is 1. The predicted molar refractivity (Wildman–Crippen MR) is 72.2 cm³/mol. The van der Waals surface area contributed by atoms with Crippen LogP contribution in [0.4, 0.5) is 5.69 Å². The number of benzene rings is 2. The van der Waals surface area contributed by atoms with E-state index in [-0.39, 0.29) is 16.7 Å². The maximum absolute atomic E-state index is 11.9. The van der Waals surface area contributed by atoms with E-state index in [0.717, 1.165) is 0 Å². The van der Waals surface area contributed by atoms with E-state index in [2.05, 4.69) is 5.32 Å². The summed E-state index contributed by atoms with van der Waals surface area (Å²) in [7, 11) is 0. The van der Waals surface area contributed by atoms with Gasteiger partial charge >= 0.3 is 0 Å². The lowest BCUT2D eigenvalue weighted by atomic mass is 10.1. The first-order valence-electron chi connectivity index (χ1n) is 5.40. The summed E-state index contributed by atoms with van der Waals surface area (Å²) in [4.78, 5) is 11.9. The molecule has 0 aliphatic heterocycles. The van der Waals surface area contributed by atoms with Gasteiger partial charge in [-0.15, -0.1) is 0 Å². The summed E-state index contributed by atoms with van der Waals surface area (Å²) in [5.41, 5.74) is 1.41. The van der Waals surface area contributed by atoms with Gasteiger partial charge < -0.3 is 10.4 Å². The normalized spacial score (nSPS) is 9.68. The van der Waals surface area contributed by atoms with Crippen LogP contribution in [0, 0.1) is 11.3 Å². The van der Waals surface area contributed by atoms with Crippen LogP contribution in [-0.4, -0.2) is 11.0 Å². The molecule has 2 aromatic carbocycles. The third-order valence-electron chi connectivity index (χ3n) is 2.48. The van der Waals surface area contributed by atoms with Crippen molar-refractivity contribution in [1.82, 2.24) is 0 Å². The van der Waals surface area contributed by atoms with E-state index in [9.17, 15) is 9.90 Å². The van der Waals surface area contributed by atoms with E-state index in [1.807, 2.05) is 6.07 Å². The summed E-state index contributed by atoms with van der Waals surface area (Å²) >= 11 is 5.75. The van der Waals surface area contributed by atoms with Crippen molar-refractivity contribution in [1.29, 1.82) is 5.26 Å². The molecular formula is C14H9ClN2O2. The molecule has 0 radical (unpaired) electrons. The van der Waals surface area contributed by atoms with Crippen molar-refractivity contribution in [2.24, 2.45) is 0 Å². The Bertz CT molecular complexity index is 660. The summed E-state index contributed by atoms with van der Waals surface area (Å²) in [6, 6.07) is 12.6. The van der Waals surface area contributed by atoms with Crippen molar-refractivity contribution in [2.75, 3.05) is 5.32 Å². The van der Waals surface area contributed by atoms with Crippen molar-refractivity contribution in [3.05, 3.63) is 58.6 Å². The predicted octanol–water partition coefficient (Wildman–Crippen LogP) is 3.17. The second kappa shape index (κ2) is 5.42. The summed E-state index contributed by atoms with van der Waals surface area (Å²) in [5, 5.41) is 20.8. The van der Waals surface area contributed by atoms with Gasteiger partial charge in [-0.25, -0.2) is 0 Å². The first-order valence-corrected chi connectivity index (χ1v) is 5.78. The summed E-state index contributed by atoms with van der Waals surface area (Å²) in [5.74, 6) is -0.357. The topological polar surface area (TPSA) is 73.1 Å². The molecule has 0 heterocycles. The number of carbonyl (C=O) groups excluding carboxylic acids is 1. The third-order valence-corrected chi connectivity index (χ3v) is 2.78. The van der Waals surface area contributed by atoms with E-state index in [1.54, 1.807) is 30.3 Å². The fraction of sp³-hybridized carbons (Fsp3) is 0. The molecule has 19 heavy (non-hydrogen) atoms. The number of phenols is 1. The number of nitrogens with zero attached hydrogens (tertiary/aromatic N) is 1. The zero-order chi connectivity index (χ0) is 13.8. The summed E-state index contributed by atoms with van der Waals surface area (Å²) in [6.07, 6.45) is 0. The van der Waals surface area contributed by atoms with Gasteiger partial charge in [0.15, 0.2) is 0 Å². The SMILES string of the molecule is N#Cc1ccc(C(=O)Nc2ccc(O)c(Cl)c2)cc1. The maximum atomic E-state index is 11.9. The second-order valence-corrected chi connectivity index (χ2v) is 4.22. The molecule has 0 unspecified atom stereocenters. The van der Waals surface area contributed by atoms with E-state index < -0.39 is 0 Å². The van der Waals surface area contributed by atoms with Crippen LogP contribution in [0.3, 0.4) is 0 Å². The number of nitriles is 1. The molecule has 0 aromatic heterocycles. The molecule has 2 rings (SSSR count). The van der Waals surface area contributed by atoms with Crippen LogP contribution in [0.15, 0.2) is 42.5 Å². The van der Waals surface area contributed by atoms with Gasteiger partial charge in [0.05, 0.1) is 16.7 Å². The number of amides is 1. The Kier molecular flexibility index (Phi) is 3.69. The van der Waals surface area contributed by atoms with E-state index in [1.165, 1.54) is 12.1 Å². The Morgan fingerprint density at radius 1 is 1.21 bits per heavy atom.